The van der Waals surface area contributed by atoms with Crippen LogP contribution >= 0.6 is 0 Å². The molecule has 1 N–H and O–H groups in total. The Morgan fingerprint density at radius 2 is 1.63 bits per heavy atom. The van der Waals surface area contributed by atoms with E-state index in [2.05, 4.69) is 58.0 Å². The average Bonchev–Trinajstić information content (AvgIpc) is 3.27. The first kappa shape index (κ1) is 22.4. The predicted octanol–water partition coefficient (Wildman–Crippen LogP) is 4.20. The second-order valence-electron chi connectivity index (χ2n) is 9.78. The summed E-state index contributed by atoms with van der Waals surface area (Å²) in [5, 5.41) is 18.1. The van der Waals surface area contributed by atoms with Gasteiger partial charge in [0.15, 0.2) is 8.32 Å². The van der Waals surface area contributed by atoms with Gasteiger partial charge in [-0.15, -0.1) is 0 Å². The Bertz CT molecular complexity index is 571. The van der Waals surface area contributed by atoms with E-state index in [0.29, 0.717) is 6.61 Å². The largest absolute Gasteiger partial charge is 0.416 e. The summed E-state index contributed by atoms with van der Waals surface area (Å²) in [6, 6.07) is 0. The van der Waals surface area contributed by atoms with Gasteiger partial charge in [-0.25, -0.2) is 0 Å². The van der Waals surface area contributed by atoms with Crippen molar-refractivity contribution in [3.63, 3.8) is 0 Å². The average molecular weight is 399 g/mol. The zero-order chi connectivity index (χ0) is 20.4. The monoisotopic (exact) mass is 398 g/mol. The van der Waals surface area contributed by atoms with E-state index in [0.717, 1.165) is 24.3 Å². The fourth-order valence-corrected chi connectivity index (χ4v) is 4.04. The van der Waals surface area contributed by atoms with Gasteiger partial charge in [0.25, 0.3) is 0 Å². The topological polar surface area (TPSA) is 72.6 Å². The second-order valence-corrected chi connectivity index (χ2v) is 14.6. The number of hydrogen-bond acceptors (Lipinski definition) is 6. The lowest BCUT2D eigenvalue weighted by molar-refractivity contribution is 0.0249. The summed E-state index contributed by atoms with van der Waals surface area (Å²) in [5.41, 5.74) is 2.08. The Kier molecular flexibility index (Phi) is 7.14. The Labute approximate surface area is 165 Å². The molecule has 0 spiro atoms. The van der Waals surface area contributed by atoms with Gasteiger partial charge >= 0.3 is 0 Å². The Hall–Kier alpha value is -0.923. The van der Waals surface area contributed by atoms with Crippen molar-refractivity contribution in [1.82, 2.24) is 0 Å². The standard InChI is InChI=1S/C20H38N2O4Si/c1-13(11-23)18-10-17(22-25-18)15(3)19-9-16(21-26-19)14(2)12-24-27(7,8)20(4,5)6/h13-15,18-19,23H,9-12H2,1-8H3/t13-,14+,15-,18+,19+/m1/s1. The molecule has 0 radical (unpaired) electrons. The molecule has 0 aliphatic carbocycles. The third-order valence-electron chi connectivity index (χ3n) is 6.51. The number of oxime groups is 2. The Balaban J connectivity index is 1.84. The van der Waals surface area contributed by atoms with E-state index in [1.165, 1.54) is 0 Å². The second kappa shape index (κ2) is 8.62. The van der Waals surface area contributed by atoms with Crippen molar-refractivity contribution in [2.24, 2.45) is 28.1 Å². The fraction of sp³-hybridized carbons (Fsp3) is 0.900. The number of hydrogen-bond donors (Lipinski definition) is 1. The maximum Gasteiger partial charge on any atom is 0.192 e. The molecule has 0 bridgehead atoms. The van der Waals surface area contributed by atoms with Crippen LogP contribution in [0.15, 0.2) is 10.3 Å². The summed E-state index contributed by atoms with van der Waals surface area (Å²) in [5.74, 6) is 0.484. The van der Waals surface area contributed by atoms with E-state index in [1.54, 1.807) is 0 Å². The van der Waals surface area contributed by atoms with E-state index in [9.17, 15) is 5.11 Å². The molecule has 27 heavy (non-hydrogen) atoms. The summed E-state index contributed by atoms with van der Waals surface area (Å²) in [6.07, 6.45) is 1.52. The lowest BCUT2D eigenvalue weighted by atomic mass is 9.88. The van der Waals surface area contributed by atoms with Gasteiger partial charge in [0.1, 0.15) is 12.2 Å². The molecule has 7 heteroatoms. The highest BCUT2D eigenvalue weighted by Crippen LogP contribution is 2.37. The molecule has 2 aliphatic rings. The van der Waals surface area contributed by atoms with E-state index in [1.807, 2.05) is 6.92 Å². The molecule has 2 aliphatic heterocycles. The molecule has 0 unspecified atom stereocenters. The van der Waals surface area contributed by atoms with Crippen molar-refractivity contribution in [2.75, 3.05) is 13.2 Å². The van der Waals surface area contributed by atoms with Crippen LogP contribution in [0.4, 0.5) is 0 Å². The van der Waals surface area contributed by atoms with E-state index in [-0.39, 0.29) is 41.6 Å². The highest BCUT2D eigenvalue weighted by Gasteiger charge is 2.39. The minimum atomic E-state index is -1.75. The van der Waals surface area contributed by atoms with Crippen LogP contribution in [0, 0.1) is 17.8 Å². The van der Waals surface area contributed by atoms with Crippen molar-refractivity contribution >= 4 is 19.7 Å². The minimum absolute atomic E-state index is 0.000791. The minimum Gasteiger partial charge on any atom is -0.416 e. The van der Waals surface area contributed by atoms with Crippen LogP contribution in [0.5, 0.6) is 0 Å². The van der Waals surface area contributed by atoms with Gasteiger partial charge < -0.3 is 19.2 Å². The molecule has 2 heterocycles. The number of nitrogens with zero attached hydrogens (tertiary/aromatic N) is 2. The first-order valence-corrected chi connectivity index (χ1v) is 13.1. The summed E-state index contributed by atoms with van der Waals surface area (Å²) >= 11 is 0. The van der Waals surface area contributed by atoms with Crippen LogP contribution in [0.1, 0.15) is 54.4 Å². The molecule has 5 atom stereocenters. The van der Waals surface area contributed by atoms with Crippen molar-refractivity contribution in [2.45, 2.75) is 84.7 Å². The molecule has 0 aromatic carbocycles. The van der Waals surface area contributed by atoms with Gasteiger partial charge in [-0.2, -0.15) is 0 Å². The van der Waals surface area contributed by atoms with Gasteiger partial charge in [-0.3, -0.25) is 0 Å². The Morgan fingerprint density at radius 3 is 2.22 bits per heavy atom. The maximum absolute atomic E-state index is 9.30. The molecule has 156 valence electrons. The molecule has 2 rings (SSSR count). The van der Waals surface area contributed by atoms with Gasteiger partial charge in [0.2, 0.25) is 0 Å². The van der Waals surface area contributed by atoms with Crippen LogP contribution in [-0.2, 0) is 14.1 Å². The van der Waals surface area contributed by atoms with Gasteiger partial charge in [-0.05, 0) is 18.1 Å². The summed E-state index contributed by atoms with van der Waals surface area (Å²) in [4.78, 5) is 11.2. The lowest BCUT2D eigenvalue weighted by Crippen LogP contribution is -2.42. The van der Waals surface area contributed by atoms with Gasteiger partial charge in [-0.1, -0.05) is 51.9 Å². The number of aliphatic hydroxyl groups excluding tert-OH is 1. The predicted molar refractivity (Wildman–Crippen MR) is 112 cm³/mol. The zero-order valence-corrected chi connectivity index (χ0v) is 19.3. The van der Waals surface area contributed by atoms with Crippen LogP contribution in [-0.4, -0.2) is 50.3 Å². The van der Waals surface area contributed by atoms with Crippen LogP contribution in [0.2, 0.25) is 18.1 Å². The molecule has 0 saturated heterocycles. The molecule has 6 nitrogen and oxygen atoms in total. The van der Waals surface area contributed by atoms with Crippen LogP contribution in [0.3, 0.4) is 0 Å². The lowest BCUT2D eigenvalue weighted by Gasteiger charge is -2.36. The molecule has 0 aromatic rings. The first-order chi connectivity index (χ1) is 12.5. The molecular weight excluding hydrogens is 360 g/mol. The van der Waals surface area contributed by atoms with Crippen LogP contribution in [0.25, 0.3) is 0 Å². The molecule has 0 fully saturated rings. The van der Waals surface area contributed by atoms with Crippen molar-refractivity contribution in [1.29, 1.82) is 0 Å². The first-order valence-electron chi connectivity index (χ1n) is 10.2. The van der Waals surface area contributed by atoms with Gasteiger partial charge in [0.05, 0.1) is 11.4 Å². The van der Waals surface area contributed by atoms with E-state index < -0.39 is 8.32 Å². The van der Waals surface area contributed by atoms with Gasteiger partial charge in [0, 0.05) is 43.8 Å². The SMILES string of the molecule is C[C@H](CO)[C@@H]1CC([C@@H](C)[C@@H]2CC([C@@H](C)CO[Si](C)(C)C(C)(C)C)=NO2)=NO1. The van der Waals surface area contributed by atoms with Crippen molar-refractivity contribution in [3.05, 3.63) is 0 Å². The summed E-state index contributed by atoms with van der Waals surface area (Å²) < 4.78 is 6.35. The summed E-state index contributed by atoms with van der Waals surface area (Å²) in [6.45, 7) is 18.4. The zero-order valence-electron chi connectivity index (χ0n) is 18.3. The fourth-order valence-electron chi connectivity index (χ4n) is 2.94. The maximum atomic E-state index is 9.30. The highest BCUT2D eigenvalue weighted by atomic mass is 28.4. The number of rotatable bonds is 8. The Morgan fingerprint density at radius 1 is 1.07 bits per heavy atom. The smallest absolute Gasteiger partial charge is 0.192 e. The van der Waals surface area contributed by atoms with E-state index >= 15 is 0 Å². The summed E-state index contributed by atoms with van der Waals surface area (Å²) in [7, 11) is -1.75. The molecule has 0 amide bonds. The van der Waals surface area contributed by atoms with E-state index in [4.69, 9.17) is 14.1 Å². The van der Waals surface area contributed by atoms with Crippen molar-refractivity contribution in [3.8, 4) is 0 Å². The molecule has 0 saturated carbocycles. The highest BCUT2D eigenvalue weighted by molar-refractivity contribution is 6.74. The number of aliphatic hydroxyl groups is 1. The third kappa shape index (κ3) is 5.33. The third-order valence-corrected chi connectivity index (χ3v) is 11.0. The van der Waals surface area contributed by atoms with Crippen LogP contribution < -0.4 is 0 Å². The van der Waals surface area contributed by atoms with Crippen molar-refractivity contribution < 1.29 is 19.2 Å². The molecular formula is C20H38N2O4Si. The normalized spacial score (nSPS) is 26.7. The molecule has 0 aromatic heterocycles. The quantitative estimate of drug-likeness (QED) is 0.622.